The molecular formula is C15H17FN4O2. The van der Waals surface area contributed by atoms with Crippen molar-refractivity contribution in [3.63, 3.8) is 0 Å². The van der Waals surface area contributed by atoms with Crippen LogP contribution in [0.1, 0.15) is 28.9 Å². The number of amides is 1. The van der Waals surface area contributed by atoms with Crippen molar-refractivity contribution in [3.05, 3.63) is 47.5 Å². The lowest BCUT2D eigenvalue weighted by atomic mass is 10.1. The van der Waals surface area contributed by atoms with Gasteiger partial charge in [0.2, 0.25) is 5.95 Å². The number of ether oxygens (including phenoxy) is 1. The molecule has 0 spiro atoms. The Bertz CT molecular complexity index is 661. The number of carbonyl (C=O) groups is 1. The van der Waals surface area contributed by atoms with Crippen LogP contribution >= 0.6 is 0 Å². The van der Waals surface area contributed by atoms with Crippen LogP contribution in [-0.2, 0) is 0 Å². The Hall–Kier alpha value is -2.70. The minimum atomic E-state index is -0.470. The number of nitrogens with zero attached hydrogens (tertiary/aromatic N) is 2. The lowest BCUT2D eigenvalue weighted by Gasteiger charge is -2.15. The molecule has 0 saturated carbocycles. The fourth-order valence-corrected chi connectivity index (χ4v) is 1.89. The molecule has 0 fully saturated rings. The van der Waals surface area contributed by atoms with E-state index >= 15 is 0 Å². The second kappa shape index (κ2) is 6.84. The first-order chi connectivity index (χ1) is 10.5. The molecule has 116 valence electrons. The highest BCUT2D eigenvalue weighted by molar-refractivity contribution is 5.93. The van der Waals surface area contributed by atoms with Gasteiger partial charge in [-0.15, -0.1) is 0 Å². The van der Waals surface area contributed by atoms with Crippen molar-refractivity contribution in [1.82, 2.24) is 15.3 Å². The molecule has 1 heterocycles. The maximum atomic E-state index is 13.7. The molecule has 0 unspecified atom stereocenters. The standard InChI is InChI=1S/C15H17FN4O2/c1-9(10-4-5-13(22-3)12(16)6-10)20-14(21)11-7-18-15(17-2)19-8-11/h4-9H,1-3H3,(H,20,21)(H,17,18,19)/t9-/m1/s1. The molecule has 0 aliphatic rings. The molecule has 0 saturated heterocycles. The quantitative estimate of drug-likeness (QED) is 0.885. The van der Waals surface area contributed by atoms with E-state index in [0.29, 0.717) is 17.1 Å². The summed E-state index contributed by atoms with van der Waals surface area (Å²) in [4.78, 5) is 20.1. The SMILES string of the molecule is CNc1ncc(C(=O)N[C@H](C)c2ccc(OC)c(F)c2)cn1. The number of benzene rings is 1. The highest BCUT2D eigenvalue weighted by atomic mass is 19.1. The van der Waals surface area contributed by atoms with Crippen LogP contribution in [-0.4, -0.2) is 30.0 Å². The number of hydrogen-bond acceptors (Lipinski definition) is 5. The maximum absolute atomic E-state index is 13.7. The first kappa shape index (κ1) is 15.7. The number of hydrogen-bond donors (Lipinski definition) is 2. The Morgan fingerprint density at radius 2 is 2.00 bits per heavy atom. The van der Waals surface area contributed by atoms with E-state index in [2.05, 4.69) is 20.6 Å². The zero-order valence-electron chi connectivity index (χ0n) is 12.6. The van der Waals surface area contributed by atoms with Crippen molar-refractivity contribution < 1.29 is 13.9 Å². The van der Waals surface area contributed by atoms with E-state index in [0.717, 1.165) is 0 Å². The summed E-state index contributed by atoms with van der Waals surface area (Å²) < 4.78 is 18.6. The van der Waals surface area contributed by atoms with E-state index in [1.54, 1.807) is 20.0 Å². The predicted molar refractivity (Wildman–Crippen MR) is 80.4 cm³/mol. The monoisotopic (exact) mass is 304 g/mol. The molecule has 0 bridgehead atoms. The molecule has 0 aliphatic heterocycles. The minimum absolute atomic E-state index is 0.165. The molecule has 1 aromatic carbocycles. The number of nitrogens with one attached hydrogen (secondary N) is 2. The number of methoxy groups -OCH3 is 1. The van der Waals surface area contributed by atoms with Crippen LogP contribution in [0.3, 0.4) is 0 Å². The highest BCUT2D eigenvalue weighted by Crippen LogP contribution is 2.21. The Kier molecular flexibility index (Phi) is 4.88. The molecule has 22 heavy (non-hydrogen) atoms. The molecule has 1 aromatic heterocycles. The van der Waals surface area contributed by atoms with Gasteiger partial charge in [-0.25, -0.2) is 14.4 Å². The average molecular weight is 304 g/mol. The Balaban J connectivity index is 2.08. The Labute approximate surface area is 127 Å². The van der Waals surface area contributed by atoms with Gasteiger partial charge in [0.05, 0.1) is 18.7 Å². The molecule has 7 heteroatoms. The summed E-state index contributed by atoms with van der Waals surface area (Å²) >= 11 is 0. The minimum Gasteiger partial charge on any atom is -0.494 e. The zero-order chi connectivity index (χ0) is 16.1. The van der Waals surface area contributed by atoms with E-state index in [4.69, 9.17) is 4.74 Å². The topological polar surface area (TPSA) is 76.1 Å². The molecule has 0 aliphatic carbocycles. The van der Waals surface area contributed by atoms with E-state index in [-0.39, 0.29) is 17.7 Å². The van der Waals surface area contributed by atoms with Crippen LogP contribution < -0.4 is 15.4 Å². The smallest absolute Gasteiger partial charge is 0.254 e. The van der Waals surface area contributed by atoms with Gasteiger partial charge in [-0.1, -0.05) is 6.07 Å². The number of halogens is 1. The summed E-state index contributed by atoms with van der Waals surface area (Å²) in [6.45, 7) is 1.77. The first-order valence-electron chi connectivity index (χ1n) is 6.69. The molecule has 1 amide bonds. The van der Waals surface area contributed by atoms with Crippen molar-refractivity contribution in [2.75, 3.05) is 19.5 Å². The number of carbonyl (C=O) groups excluding carboxylic acids is 1. The normalized spacial score (nSPS) is 11.6. The van der Waals surface area contributed by atoms with Gasteiger partial charge in [0.25, 0.3) is 5.91 Å². The van der Waals surface area contributed by atoms with Crippen LogP contribution in [0.15, 0.2) is 30.6 Å². The van der Waals surface area contributed by atoms with Gasteiger partial charge >= 0.3 is 0 Å². The zero-order valence-corrected chi connectivity index (χ0v) is 12.6. The lowest BCUT2D eigenvalue weighted by Crippen LogP contribution is -2.27. The molecule has 6 nitrogen and oxygen atoms in total. The number of rotatable bonds is 5. The Morgan fingerprint density at radius 1 is 1.32 bits per heavy atom. The van der Waals surface area contributed by atoms with Crippen LogP contribution in [0.5, 0.6) is 5.75 Å². The second-order valence-electron chi connectivity index (χ2n) is 4.63. The summed E-state index contributed by atoms with van der Waals surface area (Å²) in [6.07, 6.45) is 2.85. The molecule has 1 atom stereocenters. The fourth-order valence-electron chi connectivity index (χ4n) is 1.89. The second-order valence-corrected chi connectivity index (χ2v) is 4.63. The third-order valence-corrected chi connectivity index (χ3v) is 3.16. The number of aromatic nitrogens is 2. The number of anilines is 1. The van der Waals surface area contributed by atoms with Gasteiger partial charge in [0, 0.05) is 19.4 Å². The molecule has 0 radical (unpaired) electrons. The molecular weight excluding hydrogens is 287 g/mol. The predicted octanol–water partition coefficient (Wildman–Crippen LogP) is 2.16. The molecule has 2 rings (SSSR count). The molecule has 2 N–H and O–H groups in total. The maximum Gasteiger partial charge on any atom is 0.254 e. The van der Waals surface area contributed by atoms with Gasteiger partial charge in [-0.05, 0) is 24.6 Å². The summed E-state index contributed by atoms with van der Waals surface area (Å²) in [7, 11) is 3.09. The first-order valence-corrected chi connectivity index (χ1v) is 6.69. The lowest BCUT2D eigenvalue weighted by molar-refractivity contribution is 0.0939. The van der Waals surface area contributed by atoms with Crippen molar-refractivity contribution in [2.24, 2.45) is 0 Å². The van der Waals surface area contributed by atoms with Crippen LogP contribution in [0.25, 0.3) is 0 Å². The van der Waals surface area contributed by atoms with Gasteiger partial charge < -0.3 is 15.4 Å². The van der Waals surface area contributed by atoms with Crippen molar-refractivity contribution >= 4 is 11.9 Å². The van der Waals surface area contributed by atoms with Gasteiger partial charge in [-0.3, -0.25) is 4.79 Å². The van der Waals surface area contributed by atoms with Gasteiger partial charge in [-0.2, -0.15) is 0 Å². The van der Waals surface area contributed by atoms with Crippen molar-refractivity contribution in [2.45, 2.75) is 13.0 Å². The molecule has 2 aromatic rings. The largest absolute Gasteiger partial charge is 0.494 e. The third-order valence-electron chi connectivity index (χ3n) is 3.16. The van der Waals surface area contributed by atoms with Crippen LogP contribution in [0.4, 0.5) is 10.3 Å². The summed E-state index contributed by atoms with van der Waals surface area (Å²) in [6, 6.07) is 4.20. The average Bonchev–Trinajstić information content (AvgIpc) is 2.54. The van der Waals surface area contributed by atoms with E-state index in [1.165, 1.54) is 31.6 Å². The van der Waals surface area contributed by atoms with Crippen LogP contribution in [0, 0.1) is 5.82 Å². The summed E-state index contributed by atoms with van der Waals surface area (Å²) in [5, 5.41) is 5.54. The van der Waals surface area contributed by atoms with Crippen LogP contribution in [0.2, 0.25) is 0 Å². The van der Waals surface area contributed by atoms with E-state index in [1.807, 2.05) is 0 Å². The summed E-state index contributed by atoms with van der Waals surface area (Å²) in [5.74, 6) is -0.200. The fraction of sp³-hybridized carbons (Fsp3) is 0.267. The Morgan fingerprint density at radius 3 is 2.55 bits per heavy atom. The van der Waals surface area contributed by atoms with E-state index in [9.17, 15) is 9.18 Å². The van der Waals surface area contributed by atoms with E-state index < -0.39 is 5.82 Å². The highest BCUT2D eigenvalue weighted by Gasteiger charge is 2.14. The van der Waals surface area contributed by atoms with Gasteiger partial charge in [0.15, 0.2) is 11.6 Å². The van der Waals surface area contributed by atoms with Gasteiger partial charge in [0.1, 0.15) is 0 Å². The summed E-state index contributed by atoms with van der Waals surface area (Å²) in [5.41, 5.74) is 0.972. The third kappa shape index (κ3) is 3.49. The van der Waals surface area contributed by atoms with Crippen molar-refractivity contribution in [3.8, 4) is 5.75 Å². The van der Waals surface area contributed by atoms with Crippen molar-refractivity contribution in [1.29, 1.82) is 0 Å².